The molecule has 1 aliphatic heterocycles. The monoisotopic (exact) mass is 491 g/mol. The summed E-state index contributed by atoms with van der Waals surface area (Å²) < 4.78 is 0. The number of rotatable bonds is 5. The average Bonchev–Trinajstić information content (AvgIpc) is 3.16. The molecule has 1 unspecified atom stereocenters. The third kappa shape index (κ3) is 3.53. The maximum atomic E-state index is 4.69. The van der Waals surface area contributed by atoms with Crippen LogP contribution in [0.25, 0.3) is 39.1 Å². The fourth-order valence-electron chi connectivity index (χ4n) is 4.87. The summed E-state index contributed by atoms with van der Waals surface area (Å²) in [5.41, 5.74) is 10.5. The van der Waals surface area contributed by atoms with E-state index in [-0.39, 0.29) is 6.04 Å². The summed E-state index contributed by atoms with van der Waals surface area (Å²) in [5.74, 6) is 0. The molecule has 5 aromatic heterocycles. The van der Waals surface area contributed by atoms with E-state index in [0.29, 0.717) is 6.04 Å². The molecule has 1 atom stereocenters. The van der Waals surface area contributed by atoms with Gasteiger partial charge in [-0.2, -0.15) is 5.10 Å². The normalized spacial score (nSPS) is 16.2. The van der Waals surface area contributed by atoms with Crippen molar-refractivity contribution in [2.45, 2.75) is 32.9 Å². The first kappa shape index (κ1) is 21.1. The van der Waals surface area contributed by atoms with E-state index in [4.69, 9.17) is 0 Å². The molecule has 8 heteroatoms. The van der Waals surface area contributed by atoms with Crippen LogP contribution in [0.3, 0.4) is 0 Å². The van der Waals surface area contributed by atoms with E-state index >= 15 is 0 Å². The van der Waals surface area contributed by atoms with Crippen LogP contribution in [0.4, 0.5) is 5.69 Å². The highest BCUT2D eigenvalue weighted by molar-refractivity contribution is 7.13. The van der Waals surface area contributed by atoms with E-state index in [1.807, 2.05) is 29.9 Å². The van der Waals surface area contributed by atoms with E-state index in [1.165, 1.54) is 32.3 Å². The molecule has 0 spiro atoms. The zero-order chi connectivity index (χ0) is 24.4. The molecule has 1 fully saturated rings. The number of nitrogens with zero attached hydrogens (tertiary/aromatic N) is 3. The Morgan fingerprint density at radius 2 is 1.97 bits per heavy atom. The number of fused-ring (bicyclic) bond motifs is 4. The molecule has 7 nitrogen and oxygen atoms in total. The highest BCUT2D eigenvalue weighted by Crippen LogP contribution is 2.45. The maximum Gasteiger partial charge on any atom is 0.116 e. The number of aryl methyl sites for hydroxylation is 1. The number of anilines is 1. The van der Waals surface area contributed by atoms with Crippen molar-refractivity contribution < 1.29 is 0 Å². The molecule has 7 rings (SSSR count). The Morgan fingerprint density at radius 1 is 1.06 bits per heavy atom. The van der Waals surface area contributed by atoms with Crippen molar-refractivity contribution in [2.24, 2.45) is 0 Å². The van der Waals surface area contributed by atoms with Gasteiger partial charge in [-0.3, -0.25) is 15.1 Å². The molecule has 178 valence electrons. The number of thiophene rings is 1. The summed E-state index contributed by atoms with van der Waals surface area (Å²) in [6.07, 6.45) is 9.96. The predicted molar refractivity (Wildman–Crippen MR) is 146 cm³/mol. The highest BCUT2D eigenvalue weighted by Gasteiger charge is 2.36. The second kappa shape index (κ2) is 7.93. The number of pyridine rings is 2. The van der Waals surface area contributed by atoms with Crippen LogP contribution in [0.2, 0.25) is 0 Å². The van der Waals surface area contributed by atoms with Crippen LogP contribution in [0.1, 0.15) is 40.9 Å². The lowest BCUT2D eigenvalue weighted by Crippen LogP contribution is -2.09. The summed E-state index contributed by atoms with van der Waals surface area (Å²) >= 11 is 1.82. The molecule has 5 aromatic rings. The lowest BCUT2D eigenvalue weighted by atomic mass is 10.0. The quantitative estimate of drug-likeness (QED) is 0.220. The minimum atomic E-state index is 0.230. The maximum absolute atomic E-state index is 4.69. The van der Waals surface area contributed by atoms with Gasteiger partial charge in [-0.25, -0.2) is 0 Å². The lowest BCUT2D eigenvalue weighted by Gasteiger charge is -2.10. The van der Waals surface area contributed by atoms with Gasteiger partial charge in [-0.15, -0.1) is 11.3 Å². The zero-order valence-corrected chi connectivity index (χ0v) is 21.0. The minimum absolute atomic E-state index is 0.230. The van der Waals surface area contributed by atoms with Crippen molar-refractivity contribution in [3.8, 4) is 22.6 Å². The molecule has 0 aromatic carbocycles. The molecule has 2 aliphatic rings. The van der Waals surface area contributed by atoms with E-state index in [0.717, 1.165) is 39.2 Å². The third-order valence-electron chi connectivity index (χ3n) is 6.59. The van der Waals surface area contributed by atoms with Crippen LogP contribution in [0.15, 0.2) is 66.8 Å². The first-order valence-electron chi connectivity index (χ1n) is 12.1. The van der Waals surface area contributed by atoms with Crippen LogP contribution >= 0.6 is 11.3 Å². The molecule has 0 amide bonds. The molecule has 0 saturated carbocycles. The average molecular weight is 492 g/mol. The Kier molecular flexibility index (Phi) is 4.65. The van der Waals surface area contributed by atoms with Gasteiger partial charge >= 0.3 is 0 Å². The van der Waals surface area contributed by atoms with Crippen LogP contribution in [-0.4, -0.2) is 31.2 Å². The summed E-state index contributed by atoms with van der Waals surface area (Å²) in [5, 5.41) is 15.8. The van der Waals surface area contributed by atoms with Crippen molar-refractivity contribution in [3.05, 3.63) is 87.8 Å². The predicted octanol–water partition coefficient (Wildman–Crippen LogP) is 6.18. The molecule has 1 aliphatic carbocycles. The minimum Gasteiger partial charge on any atom is -0.382 e. The first-order valence-corrected chi connectivity index (χ1v) is 12.9. The Labute approximate surface area is 212 Å². The van der Waals surface area contributed by atoms with E-state index in [9.17, 15) is 0 Å². The second-order valence-corrected chi connectivity index (χ2v) is 10.9. The number of hydrogen-bond acceptors (Lipinski definition) is 6. The zero-order valence-electron chi connectivity index (χ0n) is 20.2. The number of aromatic amines is 2. The van der Waals surface area contributed by atoms with Crippen molar-refractivity contribution in [2.75, 3.05) is 5.32 Å². The number of hydrogen-bond donors (Lipinski definition) is 4. The van der Waals surface area contributed by atoms with Crippen LogP contribution in [0, 0.1) is 6.92 Å². The smallest absolute Gasteiger partial charge is 0.116 e. The summed E-state index contributed by atoms with van der Waals surface area (Å²) in [6.45, 7) is 6.38. The van der Waals surface area contributed by atoms with Gasteiger partial charge in [0, 0.05) is 56.0 Å². The van der Waals surface area contributed by atoms with Gasteiger partial charge in [0.2, 0.25) is 0 Å². The van der Waals surface area contributed by atoms with Crippen LogP contribution in [0.5, 0.6) is 0 Å². The summed E-state index contributed by atoms with van der Waals surface area (Å²) in [4.78, 5) is 15.4. The van der Waals surface area contributed by atoms with Gasteiger partial charge in [0.25, 0.3) is 0 Å². The third-order valence-corrected chi connectivity index (χ3v) is 7.63. The van der Waals surface area contributed by atoms with Crippen LogP contribution < -0.4 is 10.6 Å². The van der Waals surface area contributed by atoms with Gasteiger partial charge in [-0.1, -0.05) is 6.08 Å². The van der Waals surface area contributed by atoms with E-state index in [2.05, 4.69) is 99.0 Å². The molecule has 0 radical (unpaired) electrons. The Bertz CT molecular complexity index is 1700. The first-order chi connectivity index (χ1) is 17.5. The number of nitrogens with one attached hydrogen (secondary N) is 4. The Morgan fingerprint density at radius 3 is 2.81 bits per heavy atom. The highest BCUT2D eigenvalue weighted by atomic mass is 32.1. The largest absolute Gasteiger partial charge is 0.382 e. The second-order valence-electron chi connectivity index (χ2n) is 9.65. The number of aromatic nitrogens is 5. The fraction of sp³-hybridized carbons (Fsp3) is 0.179. The summed E-state index contributed by atoms with van der Waals surface area (Å²) in [6, 6.07) is 11.4. The Hall–Kier alpha value is -4.17. The molecule has 36 heavy (non-hydrogen) atoms. The van der Waals surface area contributed by atoms with Crippen molar-refractivity contribution in [1.29, 1.82) is 0 Å². The Balaban J connectivity index is 1.32. The number of H-pyrrole nitrogens is 2. The topological polar surface area (TPSA) is 104 Å². The standard InChI is InChI=1S/C28H25N7S/c1-14(2)31-17-8-16(11-29-12-17)22-10-20-24(13-30-22)34-35-26(20)23-9-19-18(25-7-4-15(3)36-25)5-6-21-28(32-21)27(19)33-23/h4-14,28,31-33H,1-3H3,(H,34,35). The van der Waals surface area contributed by atoms with Gasteiger partial charge in [0.1, 0.15) is 11.7 Å². The SMILES string of the molecule is Cc1ccc(C2=CC=C3NC3c3[nH]c(-c4n[nH]c5cnc(-c6cncc(NC(C)C)c6)cc45)cc32)s1. The van der Waals surface area contributed by atoms with Crippen LogP contribution in [-0.2, 0) is 0 Å². The van der Waals surface area contributed by atoms with Gasteiger partial charge < -0.3 is 15.6 Å². The molecule has 4 N–H and O–H groups in total. The van der Waals surface area contributed by atoms with Crippen molar-refractivity contribution in [3.63, 3.8) is 0 Å². The fourth-order valence-corrected chi connectivity index (χ4v) is 5.78. The van der Waals surface area contributed by atoms with Crippen molar-refractivity contribution >= 4 is 33.5 Å². The van der Waals surface area contributed by atoms with Crippen molar-refractivity contribution in [1.82, 2.24) is 30.5 Å². The van der Waals surface area contributed by atoms with Gasteiger partial charge in [0.15, 0.2) is 0 Å². The molecule has 0 bridgehead atoms. The number of allylic oxidation sites excluding steroid dienone is 2. The molecular formula is C28H25N7S. The van der Waals surface area contributed by atoms with Gasteiger partial charge in [0.05, 0.1) is 34.5 Å². The lowest BCUT2D eigenvalue weighted by molar-refractivity contribution is 0.898. The summed E-state index contributed by atoms with van der Waals surface area (Å²) in [7, 11) is 0. The van der Waals surface area contributed by atoms with E-state index in [1.54, 1.807) is 0 Å². The molecular weight excluding hydrogens is 466 g/mol. The molecule has 6 heterocycles. The molecule has 1 saturated heterocycles. The van der Waals surface area contributed by atoms with Gasteiger partial charge in [-0.05, 0) is 57.2 Å². The van der Waals surface area contributed by atoms with E-state index < -0.39 is 0 Å².